The number of esters is 1. The van der Waals surface area contributed by atoms with Gasteiger partial charge in [-0.15, -0.1) is 0 Å². The Balaban J connectivity index is 2.29. The van der Waals surface area contributed by atoms with Crippen LogP contribution in [0.1, 0.15) is 38.2 Å². The van der Waals surface area contributed by atoms with Crippen LogP contribution in [0.4, 0.5) is 18.9 Å². The second-order valence-corrected chi connectivity index (χ2v) is 9.04. The summed E-state index contributed by atoms with van der Waals surface area (Å²) in [5.74, 6) is -9.37. The Kier molecular flexibility index (Phi) is 5.63. The maximum absolute atomic E-state index is 14.1. The Morgan fingerprint density at radius 1 is 1.19 bits per heavy atom. The van der Waals surface area contributed by atoms with E-state index in [0.717, 1.165) is 12.8 Å². The Bertz CT molecular complexity index is 920. The predicted molar refractivity (Wildman–Crippen MR) is 106 cm³/mol. The molecule has 2 aliphatic rings. The van der Waals surface area contributed by atoms with E-state index in [1.807, 2.05) is 0 Å². The first-order chi connectivity index (χ1) is 14.2. The molecule has 0 radical (unpaired) electrons. The average Bonchev–Trinajstić information content (AvgIpc) is 2.64. The second kappa shape index (κ2) is 7.55. The van der Waals surface area contributed by atoms with Gasteiger partial charge in [-0.05, 0) is 23.1 Å². The molecule has 0 amide bonds. The fourth-order valence-corrected chi connectivity index (χ4v) is 4.36. The van der Waals surface area contributed by atoms with Crippen molar-refractivity contribution >= 4 is 17.4 Å². The number of allylic oxidation sites excluding steroid dienone is 2. The number of methoxy groups -OCH3 is 1. The quantitative estimate of drug-likeness (QED) is 0.723. The Morgan fingerprint density at radius 3 is 2.26 bits per heavy atom. The van der Waals surface area contributed by atoms with Gasteiger partial charge in [-0.3, -0.25) is 9.59 Å². The third kappa shape index (κ3) is 3.91. The zero-order chi connectivity index (χ0) is 23.4. The zero-order valence-electron chi connectivity index (χ0n) is 18.0. The summed E-state index contributed by atoms with van der Waals surface area (Å²) in [6.45, 7) is 3.47. The van der Waals surface area contributed by atoms with E-state index in [4.69, 9.17) is 4.74 Å². The molecule has 3 atom stereocenters. The molecule has 0 bridgehead atoms. The number of carbonyl (C=O) groups is 2. The molecule has 1 aromatic rings. The van der Waals surface area contributed by atoms with E-state index < -0.39 is 41.0 Å². The van der Waals surface area contributed by atoms with Crippen molar-refractivity contribution in [1.82, 2.24) is 0 Å². The summed E-state index contributed by atoms with van der Waals surface area (Å²) < 4.78 is 52.0. The van der Waals surface area contributed by atoms with E-state index in [-0.39, 0.29) is 29.7 Å². The highest BCUT2D eigenvalue weighted by Crippen LogP contribution is 2.56. The third-order valence-corrected chi connectivity index (χ3v) is 5.85. The molecule has 1 aromatic carbocycles. The molecule has 31 heavy (non-hydrogen) atoms. The number of benzene rings is 1. The average molecular weight is 441 g/mol. The summed E-state index contributed by atoms with van der Waals surface area (Å²) >= 11 is 0. The standard InChI is InChI=1S/C22H26F3NO5/c1-20(2)10-14(27)17-15(11-20)31-21(29,22(23,24)25)18(19(28)30-5)16(17)12-6-8-13(9-7-12)26(3)4/h6-9,16,18,29H,10-11H2,1-5H3/t16-,18-,21+/m0/s1. The highest BCUT2D eigenvalue weighted by atomic mass is 19.4. The molecule has 0 aromatic heterocycles. The molecule has 0 saturated carbocycles. The maximum atomic E-state index is 14.1. The second-order valence-electron chi connectivity index (χ2n) is 9.04. The number of aliphatic hydroxyl groups is 1. The maximum Gasteiger partial charge on any atom is 0.456 e. The van der Waals surface area contributed by atoms with Crippen LogP contribution in [0, 0.1) is 11.3 Å². The number of nitrogens with zero attached hydrogens (tertiary/aromatic N) is 1. The van der Waals surface area contributed by atoms with Crippen LogP contribution in [0.5, 0.6) is 0 Å². The van der Waals surface area contributed by atoms with E-state index in [2.05, 4.69) is 4.74 Å². The molecule has 6 nitrogen and oxygen atoms in total. The number of ketones is 1. The topological polar surface area (TPSA) is 76.1 Å². The number of Topliss-reactive ketones (excluding diaryl/α,β-unsaturated/α-hetero) is 1. The number of hydrogen-bond donors (Lipinski definition) is 1. The molecular formula is C22H26F3NO5. The number of ether oxygens (including phenoxy) is 2. The minimum absolute atomic E-state index is 0.0127. The van der Waals surface area contributed by atoms with Gasteiger partial charge in [0.15, 0.2) is 5.78 Å². The van der Waals surface area contributed by atoms with E-state index >= 15 is 0 Å². The number of alkyl halides is 3. The lowest BCUT2D eigenvalue weighted by molar-refractivity contribution is -0.378. The molecule has 1 heterocycles. The lowest BCUT2D eigenvalue weighted by atomic mass is 9.66. The van der Waals surface area contributed by atoms with Crippen molar-refractivity contribution in [3.8, 4) is 0 Å². The first kappa shape index (κ1) is 23.1. The smallest absolute Gasteiger partial charge is 0.456 e. The van der Waals surface area contributed by atoms with Crippen molar-refractivity contribution in [2.45, 2.75) is 44.6 Å². The normalized spacial score (nSPS) is 28.0. The zero-order valence-corrected chi connectivity index (χ0v) is 18.0. The fraction of sp³-hybridized carbons (Fsp3) is 0.545. The molecule has 0 fully saturated rings. The number of carbonyl (C=O) groups excluding carboxylic acids is 2. The third-order valence-electron chi connectivity index (χ3n) is 5.85. The van der Waals surface area contributed by atoms with Gasteiger partial charge in [-0.1, -0.05) is 26.0 Å². The molecule has 0 spiro atoms. The molecule has 0 unspecified atom stereocenters. The van der Waals surface area contributed by atoms with Crippen LogP contribution in [0.2, 0.25) is 0 Å². The van der Waals surface area contributed by atoms with Crippen LogP contribution < -0.4 is 4.90 Å². The van der Waals surface area contributed by atoms with Gasteiger partial charge >= 0.3 is 17.9 Å². The van der Waals surface area contributed by atoms with Crippen molar-refractivity contribution in [2.24, 2.45) is 11.3 Å². The molecule has 1 aliphatic heterocycles. The molecule has 1 aliphatic carbocycles. The van der Waals surface area contributed by atoms with Crippen LogP contribution in [0.25, 0.3) is 0 Å². The van der Waals surface area contributed by atoms with Gasteiger partial charge in [0.1, 0.15) is 11.7 Å². The van der Waals surface area contributed by atoms with Gasteiger partial charge in [-0.2, -0.15) is 13.2 Å². The molecular weight excluding hydrogens is 415 g/mol. The summed E-state index contributed by atoms with van der Waals surface area (Å²) in [5, 5.41) is 10.7. The highest BCUT2D eigenvalue weighted by Gasteiger charge is 2.70. The minimum atomic E-state index is -5.31. The molecule has 3 rings (SSSR count). The van der Waals surface area contributed by atoms with Crippen LogP contribution in [0.15, 0.2) is 35.6 Å². The van der Waals surface area contributed by atoms with E-state index in [0.29, 0.717) is 0 Å². The molecule has 9 heteroatoms. The molecule has 0 saturated heterocycles. The van der Waals surface area contributed by atoms with E-state index in [1.54, 1.807) is 57.1 Å². The summed E-state index contributed by atoms with van der Waals surface area (Å²) in [4.78, 5) is 27.5. The van der Waals surface area contributed by atoms with Gasteiger partial charge in [0.25, 0.3) is 0 Å². The highest BCUT2D eigenvalue weighted by molar-refractivity contribution is 6.00. The fourth-order valence-electron chi connectivity index (χ4n) is 4.36. The summed E-state index contributed by atoms with van der Waals surface area (Å²) in [7, 11) is 4.54. The van der Waals surface area contributed by atoms with Gasteiger partial charge in [0.05, 0.1) is 7.11 Å². The van der Waals surface area contributed by atoms with Gasteiger partial charge in [-0.25, -0.2) is 0 Å². The predicted octanol–water partition coefficient (Wildman–Crippen LogP) is 3.55. The SMILES string of the molecule is COC(=O)[C@@H]1[C@@H](c2ccc(N(C)C)cc2)C2=C(CC(C)(C)CC2=O)O[C@@]1(O)C(F)(F)F. The van der Waals surface area contributed by atoms with Crippen LogP contribution in [-0.4, -0.2) is 50.0 Å². The lowest BCUT2D eigenvalue weighted by Crippen LogP contribution is -2.61. The Hall–Kier alpha value is -2.55. The molecule has 170 valence electrons. The van der Waals surface area contributed by atoms with Crippen molar-refractivity contribution in [1.29, 1.82) is 0 Å². The van der Waals surface area contributed by atoms with Crippen LogP contribution in [-0.2, 0) is 19.1 Å². The monoisotopic (exact) mass is 441 g/mol. The van der Waals surface area contributed by atoms with Gasteiger partial charge in [0, 0.05) is 44.1 Å². The summed E-state index contributed by atoms with van der Waals surface area (Å²) in [5.41, 5.74) is 0.399. The number of rotatable bonds is 3. The van der Waals surface area contributed by atoms with Crippen LogP contribution >= 0.6 is 0 Å². The van der Waals surface area contributed by atoms with Crippen molar-refractivity contribution in [2.75, 3.05) is 26.1 Å². The van der Waals surface area contributed by atoms with E-state index in [9.17, 15) is 27.9 Å². The largest absolute Gasteiger partial charge is 0.469 e. The minimum Gasteiger partial charge on any atom is -0.469 e. The Labute approximate surface area is 178 Å². The first-order valence-electron chi connectivity index (χ1n) is 9.81. The van der Waals surface area contributed by atoms with Crippen molar-refractivity contribution in [3.05, 3.63) is 41.2 Å². The van der Waals surface area contributed by atoms with Gasteiger partial charge < -0.3 is 19.5 Å². The number of hydrogen-bond acceptors (Lipinski definition) is 6. The first-order valence-corrected chi connectivity index (χ1v) is 9.81. The van der Waals surface area contributed by atoms with Gasteiger partial charge in [0.2, 0.25) is 0 Å². The summed E-state index contributed by atoms with van der Waals surface area (Å²) in [6.07, 6.45) is -5.21. The van der Waals surface area contributed by atoms with Crippen LogP contribution in [0.3, 0.4) is 0 Å². The molecule has 1 N–H and O–H groups in total. The van der Waals surface area contributed by atoms with Crippen molar-refractivity contribution in [3.63, 3.8) is 0 Å². The number of halogens is 3. The lowest BCUT2D eigenvalue weighted by Gasteiger charge is -2.47. The van der Waals surface area contributed by atoms with Crippen molar-refractivity contribution < 1.29 is 37.3 Å². The summed E-state index contributed by atoms with van der Waals surface area (Å²) in [6, 6.07) is 6.44. The Morgan fingerprint density at radius 2 is 1.77 bits per heavy atom. The number of anilines is 1. The van der Waals surface area contributed by atoms with E-state index in [1.165, 1.54) is 0 Å².